The van der Waals surface area contributed by atoms with Crippen LogP contribution in [0.3, 0.4) is 0 Å². The summed E-state index contributed by atoms with van der Waals surface area (Å²) in [5.41, 5.74) is 0.466. The fourth-order valence-electron chi connectivity index (χ4n) is 2.40. The Balaban J connectivity index is 2.31. The minimum Gasteiger partial charge on any atom is -0.373 e. The molecule has 0 amide bonds. The third-order valence-corrected chi connectivity index (χ3v) is 3.66. The van der Waals surface area contributed by atoms with E-state index in [-0.39, 0.29) is 5.60 Å². The van der Waals surface area contributed by atoms with E-state index in [2.05, 4.69) is 46.4 Å². The Morgan fingerprint density at radius 2 is 1.59 bits per heavy atom. The molecule has 0 aliphatic carbocycles. The molecular weight excluding hydrogens is 210 g/mol. The van der Waals surface area contributed by atoms with Crippen molar-refractivity contribution in [2.45, 2.75) is 72.5 Å². The summed E-state index contributed by atoms with van der Waals surface area (Å²) in [6.45, 7) is 17.1. The number of ether oxygens (including phenoxy) is 1. The topological polar surface area (TPSA) is 12.5 Å². The summed E-state index contributed by atoms with van der Waals surface area (Å²) in [6, 6.07) is 0. The molecule has 17 heavy (non-hydrogen) atoms. The molecule has 0 N–H and O–H groups in total. The van der Waals surface area contributed by atoms with Crippen LogP contribution in [0.4, 0.5) is 0 Å². The SMILES string of the molecule is CCC(C)(C)CN1CCC(OC(C)(C)C)CC1. The van der Waals surface area contributed by atoms with E-state index < -0.39 is 0 Å². The molecule has 2 nitrogen and oxygen atoms in total. The zero-order chi connectivity index (χ0) is 13.1. The Morgan fingerprint density at radius 1 is 1.06 bits per heavy atom. The summed E-state index contributed by atoms with van der Waals surface area (Å²) < 4.78 is 6.06. The first-order chi connectivity index (χ1) is 7.72. The monoisotopic (exact) mass is 241 g/mol. The van der Waals surface area contributed by atoms with Crippen LogP contribution in [-0.2, 0) is 4.74 Å². The molecule has 0 atom stereocenters. The molecule has 0 aromatic rings. The molecular formula is C15H31NO. The summed E-state index contributed by atoms with van der Waals surface area (Å²) in [5, 5.41) is 0. The second kappa shape index (κ2) is 5.71. The Bertz CT molecular complexity index is 222. The first-order valence-electron chi connectivity index (χ1n) is 7.12. The van der Waals surface area contributed by atoms with Gasteiger partial charge in [0.15, 0.2) is 0 Å². The first-order valence-corrected chi connectivity index (χ1v) is 7.12. The average Bonchev–Trinajstić information content (AvgIpc) is 2.19. The van der Waals surface area contributed by atoms with Gasteiger partial charge in [0.25, 0.3) is 0 Å². The van der Waals surface area contributed by atoms with E-state index in [0.29, 0.717) is 11.5 Å². The summed E-state index contributed by atoms with van der Waals surface area (Å²) in [7, 11) is 0. The van der Waals surface area contributed by atoms with Gasteiger partial charge in [-0.25, -0.2) is 0 Å². The summed E-state index contributed by atoms with van der Waals surface area (Å²) in [5.74, 6) is 0. The number of piperidine rings is 1. The molecule has 0 aromatic carbocycles. The Kier molecular flexibility index (Phi) is 5.03. The molecule has 0 spiro atoms. The highest BCUT2D eigenvalue weighted by molar-refractivity contribution is 4.79. The van der Waals surface area contributed by atoms with E-state index >= 15 is 0 Å². The van der Waals surface area contributed by atoms with Gasteiger partial charge in [0.1, 0.15) is 0 Å². The zero-order valence-corrected chi connectivity index (χ0v) is 12.7. The Morgan fingerprint density at radius 3 is 2.00 bits per heavy atom. The van der Waals surface area contributed by atoms with E-state index in [4.69, 9.17) is 4.74 Å². The third-order valence-electron chi connectivity index (χ3n) is 3.66. The number of hydrogen-bond donors (Lipinski definition) is 0. The molecule has 1 saturated heterocycles. The molecule has 0 bridgehead atoms. The molecule has 0 radical (unpaired) electrons. The highest BCUT2D eigenvalue weighted by Gasteiger charge is 2.27. The third kappa shape index (κ3) is 5.87. The zero-order valence-electron chi connectivity index (χ0n) is 12.7. The Hall–Kier alpha value is -0.0800. The lowest BCUT2D eigenvalue weighted by Crippen LogP contribution is -2.43. The van der Waals surface area contributed by atoms with Crippen molar-refractivity contribution in [3.8, 4) is 0 Å². The van der Waals surface area contributed by atoms with Crippen LogP contribution in [0.15, 0.2) is 0 Å². The molecule has 1 fully saturated rings. The van der Waals surface area contributed by atoms with Crippen molar-refractivity contribution in [3.63, 3.8) is 0 Å². The molecule has 0 unspecified atom stereocenters. The summed E-state index contributed by atoms with van der Waals surface area (Å²) in [4.78, 5) is 2.60. The fourth-order valence-corrected chi connectivity index (χ4v) is 2.40. The van der Waals surface area contributed by atoms with Crippen molar-refractivity contribution < 1.29 is 4.74 Å². The highest BCUT2D eigenvalue weighted by Crippen LogP contribution is 2.25. The lowest BCUT2D eigenvalue weighted by Gasteiger charge is -2.38. The van der Waals surface area contributed by atoms with Crippen LogP contribution in [0.2, 0.25) is 0 Å². The molecule has 1 aliphatic rings. The molecule has 1 rings (SSSR count). The number of nitrogens with zero attached hydrogens (tertiary/aromatic N) is 1. The summed E-state index contributed by atoms with van der Waals surface area (Å²) >= 11 is 0. The van der Waals surface area contributed by atoms with Gasteiger partial charge in [0.2, 0.25) is 0 Å². The lowest BCUT2D eigenvalue weighted by molar-refractivity contribution is -0.0842. The second-order valence-corrected chi connectivity index (χ2v) is 7.22. The van der Waals surface area contributed by atoms with E-state index in [1.807, 2.05) is 0 Å². The van der Waals surface area contributed by atoms with Crippen LogP contribution in [0.5, 0.6) is 0 Å². The van der Waals surface area contributed by atoms with Crippen molar-refractivity contribution >= 4 is 0 Å². The predicted molar refractivity (Wildman–Crippen MR) is 74.4 cm³/mol. The van der Waals surface area contributed by atoms with Crippen LogP contribution in [0, 0.1) is 5.41 Å². The standard InChI is InChI=1S/C15H31NO/c1-7-15(5,6)12-16-10-8-13(9-11-16)17-14(2,3)4/h13H,7-12H2,1-6H3. The van der Waals surface area contributed by atoms with Crippen LogP contribution in [-0.4, -0.2) is 36.2 Å². The minimum absolute atomic E-state index is 0.00945. The van der Waals surface area contributed by atoms with Gasteiger partial charge in [-0.05, 0) is 45.4 Å². The minimum atomic E-state index is 0.00945. The van der Waals surface area contributed by atoms with Crippen molar-refractivity contribution in [1.29, 1.82) is 0 Å². The van der Waals surface area contributed by atoms with Gasteiger partial charge in [0, 0.05) is 19.6 Å². The Labute approximate surface area is 108 Å². The number of likely N-dealkylation sites (tertiary alicyclic amines) is 1. The van der Waals surface area contributed by atoms with Crippen molar-refractivity contribution in [1.82, 2.24) is 4.90 Å². The van der Waals surface area contributed by atoms with Gasteiger partial charge in [-0.1, -0.05) is 20.8 Å². The van der Waals surface area contributed by atoms with Crippen LogP contribution >= 0.6 is 0 Å². The molecule has 0 aromatic heterocycles. The van der Waals surface area contributed by atoms with E-state index in [0.717, 1.165) is 0 Å². The van der Waals surface area contributed by atoms with Gasteiger partial charge in [0.05, 0.1) is 11.7 Å². The molecule has 0 saturated carbocycles. The maximum Gasteiger partial charge on any atom is 0.0606 e. The highest BCUT2D eigenvalue weighted by atomic mass is 16.5. The summed E-state index contributed by atoms with van der Waals surface area (Å²) in [6.07, 6.45) is 4.11. The van der Waals surface area contributed by atoms with Crippen LogP contribution in [0.25, 0.3) is 0 Å². The lowest BCUT2D eigenvalue weighted by atomic mass is 9.89. The van der Waals surface area contributed by atoms with Gasteiger partial charge in [-0.3, -0.25) is 0 Å². The quantitative estimate of drug-likeness (QED) is 0.744. The number of rotatable bonds is 4. The molecule has 1 aliphatic heterocycles. The van der Waals surface area contributed by atoms with Crippen molar-refractivity contribution in [3.05, 3.63) is 0 Å². The van der Waals surface area contributed by atoms with E-state index in [1.165, 1.54) is 38.9 Å². The first kappa shape index (κ1) is 15.0. The van der Waals surface area contributed by atoms with Crippen molar-refractivity contribution in [2.75, 3.05) is 19.6 Å². The average molecular weight is 241 g/mol. The van der Waals surface area contributed by atoms with E-state index in [1.54, 1.807) is 0 Å². The maximum absolute atomic E-state index is 6.06. The van der Waals surface area contributed by atoms with Gasteiger partial charge < -0.3 is 9.64 Å². The molecule has 1 heterocycles. The van der Waals surface area contributed by atoms with Gasteiger partial charge >= 0.3 is 0 Å². The normalized spacial score (nSPS) is 20.8. The van der Waals surface area contributed by atoms with E-state index in [9.17, 15) is 0 Å². The number of hydrogen-bond acceptors (Lipinski definition) is 2. The smallest absolute Gasteiger partial charge is 0.0606 e. The van der Waals surface area contributed by atoms with Gasteiger partial charge in [-0.2, -0.15) is 0 Å². The molecule has 102 valence electrons. The van der Waals surface area contributed by atoms with Crippen molar-refractivity contribution in [2.24, 2.45) is 5.41 Å². The second-order valence-electron chi connectivity index (χ2n) is 7.22. The maximum atomic E-state index is 6.06. The van der Waals surface area contributed by atoms with Crippen LogP contribution in [0.1, 0.15) is 60.8 Å². The largest absolute Gasteiger partial charge is 0.373 e. The van der Waals surface area contributed by atoms with Crippen LogP contribution < -0.4 is 0 Å². The predicted octanol–water partition coefficient (Wildman–Crippen LogP) is 3.70. The molecule has 2 heteroatoms. The van der Waals surface area contributed by atoms with Gasteiger partial charge in [-0.15, -0.1) is 0 Å². The fraction of sp³-hybridized carbons (Fsp3) is 1.00.